The van der Waals surface area contributed by atoms with Crippen molar-refractivity contribution in [2.24, 2.45) is 4.99 Å². The van der Waals surface area contributed by atoms with E-state index >= 15 is 0 Å². The van der Waals surface area contributed by atoms with E-state index in [-0.39, 0.29) is 17.2 Å². The molecule has 0 radical (unpaired) electrons. The molecule has 1 aromatic heterocycles. The van der Waals surface area contributed by atoms with E-state index < -0.39 is 6.04 Å². The van der Waals surface area contributed by atoms with Gasteiger partial charge in [-0.3, -0.25) is 14.2 Å². The van der Waals surface area contributed by atoms with Gasteiger partial charge in [0.1, 0.15) is 0 Å². The fourth-order valence-corrected chi connectivity index (χ4v) is 5.36. The molecule has 2 aromatic carbocycles. The number of para-hydroxylation sites is 1. The van der Waals surface area contributed by atoms with Gasteiger partial charge in [-0.25, -0.2) is 4.99 Å². The molecule has 1 N–H and O–H groups in total. The maximum atomic E-state index is 13.7. The topological polar surface area (TPSA) is 84.1 Å². The number of benzene rings is 2. The number of hydrogen-bond acceptors (Lipinski definition) is 6. The minimum atomic E-state index is -0.655. The minimum Gasteiger partial charge on any atom is -0.504 e. The molecule has 9 heteroatoms. The average Bonchev–Trinajstić information content (AvgIpc) is 3.15. The molecule has 1 atom stereocenters. The van der Waals surface area contributed by atoms with E-state index in [1.54, 1.807) is 52.8 Å². The van der Waals surface area contributed by atoms with Crippen LogP contribution in [0.4, 0.5) is 0 Å². The smallest absolute Gasteiger partial charge is 0.271 e. The number of phenolic OH excluding ortho intramolecular Hbond substituents is 1. The van der Waals surface area contributed by atoms with Crippen LogP contribution in [0.2, 0.25) is 5.02 Å². The standard InChI is InChI=1S/C26H26ClN3O4S/c1-5-29(6-2)25(33)21-15(3)28-26-30(22(21)16-10-12-18(27)13-11-16)24(32)20(35-26)14-17-8-7-9-19(34-4)23(17)31/h7-14,22,31H,5-6H2,1-4H3/b20-14+/t22-/m0/s1. The lowest BCUT2D eigenvalue weighted by molar-refractivity contribution is -0.127. The summed E-state index contributed by atoms with van der Waals surface area (Å²) in [5.41, 5.74) is 1.94. The second-order valence-corrected chi connectivity index (χ2v) is 9.45. The molecule has 0 spiro atoms. The number of methoxy groups -OCH3 is 1. The lowest BCUT2D eigenvalue weighted by Gasteiger charge is -2.29. The molecule has 1 aliphatic rings. The first-order valence-electron chi connectivity index (χ1n) is 11.2. The predicted molar refractivity (Wildman–Crippen MR) is 138 cm³/mol. The maximum absolute atomic E-state index is 13.7. The average molecular weight is 512 g/mol. The van der Waals surface area contributed by atoms with Crippen molar-refractivity contribution in [1.29, 1.82) is 0 Å². The highest BCUT2D eigenvalue weighted by Crippen LogP contribution is 2.32. The number of likely N-dealkylation sites (N-methyl/N-ethyl adjacent to an activating group) is 1. The molecule has 1 amide bonds. The summed E-state index contributed by atoms with van der Waals surface area (Å²) in [5.74, 6) is 0.105. The monoisotopic (exact) mass is 511 g/mol. The zero-order chi connectivity index (χ0) is 25.3. The summed E-state index contributed by atoms with van der Waals surface area (Å²) in [6.45, 7) is 6.72. The van der Waals surface area contributed by atoms with E-state index in [0.29, 0.717) is 50.0 Å². The van der Waals surface area contributed by atoms with Crippen LogP contribution in [0.5, 0.6) is 11.5 Å². The summed E-state index contributed by atoms with van der Waals surface area (Å²) < 4.78 is 7.13. The predicted octanol–water partition coefficient (Wildman–Crippen LogP) is 3.47. The second-order valence-electron chi connectivity index (χ2n) is 8.01. The van der Waals surface area contributed by atoms with Crippen molar-refractivity contribution in [3.63, 3.8) is 0 Å². The molecule has 0 aliphatic carbocycles. The number of halogens is 1. The van der Waals surface area contributed by atoms with Crippen LogP contribution in [-0.2, 0) is 4.79 Å². The highest BCUT2D eigenvalue weighted by Gasteiger charge is 2.34. The Morgan fingerprint density at radius 3 is 2.54 bits per heavy atom. The number of aromatic nitrogens is 1. The fourth-order valence-electron chi connectivity index (χ4n) is 4.20. The van der Waals surface area contributed by atoms with Crippen molar-refractivity contribution in [3.05, 3.63) is 89.6 Å². The fraction of sp³-hybridized carbons (Fsp3) is 0.269. The van der Waals surface area contributed by atoms with Crippen LogP contribution < -0.4 is 19.6 Å². The molecule has 2 heterocycles. The number of hydrogen-bond donors (Lipinski definition) is 1. The second kappa shape index (κ2) is 10.1. The van der Waals surface area contributed by atoms with E-state index in [4.69, 9.17) is 16.3 Å². The Kier molecular flexibility index (Phi) is 7.14. The number of carbonyl (C=O) groups excluding carboxylic acids is 1. The van der Waals surface area contributed by atoms with Crippen LogP contribution in [0.3, 0.4) is 0 Å². The first kappa shape index (κ1) is 24.8. The Morgan fingerprint density at radius 2 is 1.91 bits per heavy atom. The SMILES string of the molecule is CCN(CC)C(=O)C1=C(C)N=c2s/c(=C/c3cccc(OC)c3O)c(=O)n2[C@H]1c1ccc(Cl)cc1. The summed E-state index contributed by atoms with van der Waals surface area (Å²) in [5, 5.41) is 11.1. The van der Waals surface area contributed by atoms with Gasteiger partial charge < -0.3 is 14.7 Å². The number of ether oxygens (including phenoxy) is 1. The van der Waals surface area contributed by atoms with Crippen LogP contribution in [-0.4, -0.2) is 40.7 Å². The first-order valence-corrected chi connectivity index (χ1v) is 12.4. The Bertz CT molecular complexity index is 1480. The molecule has 4 rings (SSSR count). The van der Waals surface area contributed by atoms with Gasteiger partial charge in [0.15, 0.2) is 16.3 Å². The quantitative estimate of drug-likeness (QED) is 0.549. The molecule has 0 fully saturated rings. The van der Waals surface area contributed by atoms with Gasteiger partial charge in [0.05, 0.1) is 29.0 Å². The highest BCUT2D eigenvalue weighted by atomic mass is 35.5. The molecule has 182 valence electrons. The zero-order valence-electron chi connectivity index (χ0n) is 19.9. The van der Waals surface area contributed by atoms with Crippen molar-refractivity contribution >= 4 is 34.9 Å². The number of nitrogens with zero attached hydrogens (tertiary/aromatic N) is 3. The van der Waals surface area contributed by atoms with Crippen LogP contribution >= 0.6 is 22.9 Å². The summed E-state index contributed by atoms with van der Waals surface area (Å²) in [6, 6.07) is 11.6. The third-order valence-electron chi connectivity index (χ3n) is 6.03. The molecular formula is C26H26ClN3O4S. The summed E-state index contributed by atoms with van der Waals surface area (Å²) in [7, 11) is 1.47. The van der Waals surface area contributed by atoms with Gasteiger partial charge in [0, 0.05) is 23.7 Å². The third kappa shape index (κ3) is 4.51. The van der Waals surface area contributed by atoms with E-state index in [2.05, 4.69) is 4.99 Å². The molecule has 0 bridgehead atoms. The van der Waals surface area contributed by atoms with Gasteiger partial charge in [0.25, 0.3) is 11.5 Å². The molecular weight excluding hydrogens is 486 g/mol. The number of amides is 1. The van der Waals surface area contributed by atoms with Crippen molar-refractivity contribution in [2.75, 3.05) is 20.2 Å². The molecule has 0 saturated carbocycles. The van der Waals surface area contributed by atoms with E-state index in [9.17, 15) is 14.7 Å². The number of phenols is 1. The van der Waals surface area contributed by atoms with Crippen molar-refractivity contribution in [3.8, 4) is 11.5 Å². The van der Waals surface area contributed by atoms with Crippen LogP contribution in [0, 0.1) is 0 Å². The molecule has 1 aliphatic heterocycles. The highest BCUT2D eigenvalue weighted by molar-refractivity contribution is 7.07. The van der Waals surface area contributed by atoms with E-state index in [1.165, 1.54) is 18.4 Å². The van der Waals surface area contributed by atoms with Crippen LogP contribution in [0.25, 0.3) is 6.08 Å². The summed E-state index contributed by atoms with van der Waals surface area (Å²) >= 11 is 7.34. The van der Waals surface area contributed by atoms with E-state index in [0.717, 1.165) is 5.56 Å². The molecule has 35 heavy (non-hydrogen) atoms. The molecule has 0 saturated heterocycles. The van der Waals surface area contributed by atoms with Gasteiger partial charge in [0.2, 0.25) is 0 Å². The number of aromatic hydroxyl groups is 1. The van der Waals surface area contributed by atoms with Gasteiger partial charge in [-0.05, 0) is 50.6 Å². The Hall–Kier alpha value is -3.36. The van der Waals surface area contributed by atoms with Gasteiger partial charge >= 0.3 is 0 Å². The Labute approximate surface area is 211 Å². The minimum absolute atomic E-state index is 0.0522. The molecule has 3 aromatic rings. The Morgan fingerprint density at radius 1 is 1.23 bits per heavy atom. The number of carbonyl (C=O) groups is 1. The molecule has 7 nitrogen and oxygen atoms in total. The lowest BCUT2D eigenvalue weighted by atomic mass is 9.94. The third-order valence-corrected chi connectivity index (χ3v) is 7.26. The molecule has 0 unspecified atom stereocenters. The van der Waals surface area contributed by atoms with Crippen molar-refractivity contribution in [2.45, 2.75) is 26.8 Å². The van der Waals surface area contributed by atoms with Gasteiger partial charge in [-0.15, -0.1) is 0 Å². The van der Waals surface area contributed by atoms with Crippen LogP contribution in [0.1, 0.15) is 37.9 Å². The maximum Gasteiger partial charge on any atom is 0.271 e. The van der Waals surface area contributed by atoms with Gasteiger partial charge in [-0.2, -0.15) is 0 Å². The Balaban J connectivity index is 1.97. The lowest BCUT2D eigenvalue weighted by Crippen LogP contribution is -2.43. The largest absolute Gasteiger partial charge is 0.504 e. The normalized spacial score (nSPS) is 15.6. The zero-order valence-corrected chi connectivity index (χ0v) is 21.5. The first-order chi connectivity index (χ1) is 16.8. The van der Waals surface area contributed by atoms with Crippen LogP contribution in [0.15, 0.2) is 63.5 Å². The van der Waals surface area contributed by atoms with Crippen molar-refractivity contribution < 1.29 is 14.6 Å². The summed E-state index contributed by atoms with van der Waals surface area (Å²) in [4.78, 5) is 34.1. The van der Waals surface area contributed by atoms with E-state index in [1.807, 2.05) is 26.0 Å². The van der Waals surface area contributed by atoms with Crippen molar-refractivity contribution in [1.82, 2.24) is 9.47 Å². The van der Waals surface area contributed by atoms with Gasteiger partial charge in [-0.1, -0.05) is 47.2 Å². The number of fused-ring (bicyclic) bond motifs is 1. The summed E-state index contributed by atoms with van der Waals surface area (Å²) in [6.07, 6.45) is 1.62. The number of rotatable bonds is 6. The number of thiazole rings is 1. The number of allylic oxidation sites excluding steroid dienone is 1.